The number of imide groups is 1. The van der Waals surface area contributed by atoms with Crippen LogP contribution >= 0.6 is 0 Å². The van der Waals surface area contributed by atoms with E-state index < -0.39 is 6.04 Å². The molecular weight excluding hydrogens is 416 g/mol. The average molecular weight is 445 g/mol. The second-order valence-electron chi connectivity index (χ2n) is 9.96. The van der Waals surface area contributed by atoms with E-state index in [1.807, 2.05) is 24.4 Å². The number of nitrogens with zero attached hydrogens (tertiary/aromatic N) is 2. The Morgan fingerprint density at radius 3 is 2.67 bits per heavy atom. The molecule has 1 aromatic heterocycles. The number of benzene rings is 1. The molecule has 2 aliphatic carbocycles. The van der Waals surface area contributed by atoms with Crippen LogP contribution in [0.5, 0.6) is 0 Å². The Morgan fingerprint density at radius 1 is 1.09 bits per heavy atom. The van der Waals surface area contributed by atoms with Crippen LogP contribution in [0.4, 0.5) is 0 Å². The molecule has 1 aromatic carbocycles. The third kappa shape index (κ3) is 3.64. The molecule has 2 saturated carbocycles. The average Bonchev–Trinajstić information content (AvgIpc) is 3.58. The molecule has 0 radical (unpaired) electrons. The summed E-state index contributed by atoms with van der Waals surface area (Å²) in [6, 6.07) is 9.38. The molecule has 3 heterocycles. The Kier molecular flexibility index (Phi) is 4.83. The van der Waals surface area contributed by atoms with Crippen molar-refractivity contribution in [1.82, 2.24) is 20.5 Å². The number of rotatable bonds is 6. The van der Waals surface area contributed by atoms with Crippen LogP contribution in [0.3, 0.4) is 0 Å². The minimum absolute atomic E-state index is 0.150. The van der Waals surface area contributed by atoms with Gasteiger partial charge in [-0.3, -0.25) is 24.7 Å². The molecule has 1 unspecified atom stereocenters. The quantitative estimate of drug-likeness (QED) is 0.669. The minimum atomic E-state index is -0.594. The highest BCUT2D eigenvalue weighted by atomic mass is 16.2. The van der Waals surface area contributed by atoms with Crippen LogP contribution in [0.15, 0.2) is 36.5 Å². The van der Waals surface area contributed by atoms with E-state index in [9.17, 15) is 14.4 Å². The molecule has 6 rings (SSSR count). The maximum absolute atomic E-state index is 12.9. The van der Waals surface area contributed by atoms with Gasteiger partial charge >= 0.3 is 0 Å². The Morgan fingerprint density at radius 2 is 1.94 bits per heavy atom. The molecule has 1 atom stereocenters. The van der Waals surface area contributed by atoms with Gasteiger partial charge in [-0.1, -0.05) is 6.07 Å². The Hall–Kier alpha value is -3.06. The van der Waals surface area contributed by atoms with Gasteiger partial charge in [0, 0.05) is 42.4 Å². The SMILES string of the molecule is O=C1CCC(N2Cc3cc(-c4cc(CNC5(C6CC6)CCC5)ccn4)ccc3C2=O)C(=O)N1. The molecule has 3 amide bonds. The van der Waals surface area contributed by atoms with Gasteiger partial charge in [-0.05, 0) is 79.8 Å². The molecule has 2 aliphatic heterocycles. The number of carbonyl (C=O) groups is 3. The highest BCUT2D eigenvalue weighted by Crippen LogP contribution is 2.50. The molecule has 1 saturated heterocycles. The van der Waals surface area contributed by atoms with E-state index in [-0.39, 0.29) is 24.1 Å². The third-order valence-electron chi connectivity index (χ3n) is 7.89. The van der Waals surface area contributed by atoms with Crippen LogP contribution in [0.2, 0.25) is 0 Å². The van der Waals surface area contributed by atoms with E-state index in [0.717, 1.165) is 29.3 Å². The maximum Gasteiger partial charge on any atom is 0.255 e. The van der Waals surface area contributed by atoms with Crippen molar-refractivity contribution >= 4 is 17.7 Å². The van der Waals surface area contributed by atoms with Gasteiger partial charge in [-0.15, -0.1) is 0 Å². The van der Waals surface area contributed by atoms with Gasteiger partial charge in [-0.2, -0.15) is 0 Å². The van der Waals surface area contributed by atoms with Gasteiger partial charge < -0.3 is 10.2 Å². The Balaban J connectivity index is 1.19. The Bertz CT molecular complexity index is 1150. The van der Waals surface area contributed by atoms with Crippen LogP contribution < -0.4 is 10.6 Å². The smallest absolute Gasteiger partial charge is 0.255 e. The van der Waals surface area contributed by atoms with Crippen LogP contribution in [0, 0.1) is 5.92 Å². The lowest BCUT2D eigenvalue weighted by Crippen LogP contribution is -2.52. The van der Waals surface area contributed by atoms with E-state index in [1.54, 1.807) is 4.90 Å². The summed E-state index contributed by atoms with van der Waals surface area (Å²) in [4.78, 5) is 42.9. The number of pyridine rings is 1. The first-order chi connectivity index (χ1) is 16.0. The molecular formula is C26H28N4O3. The largest absolute Gasteiger partial charge is 0.322 e. The lowest BCUT2D eigenvalue weighted by molar-refractivity contribution is -0.136. The van der Waals surface area contributed by atoms with Crippen molar-refractivity contribution in [2.75, 3.05) is 0 Å². The molecule has 33 heavy (non-hydrogen) atoms. The minimum Gasteiger partial charge on any atom is -0.322 e. The summed E-state index contributed by atoms with van der Waals surface area (Å²) in [6.45, 7) is 1.22. The zero-order valence-corrected chi connectivity index (χ0v) is 18.6. The number of fused-ring (bicyclic) bond motifs is 1. The van der Waals surface area contributed by atoms with Crippen LogP contribution in [-0.4, -0.2) is 39.2 Å². The summed E-state index contributed by atoms with van der Waals surface area (Å²) < 4.78 is 0. The summed E-state index contributed by atoms with van der Waals surface area (Å²) >= 11 is 0. The zero-order chi connectivity index (χ0) is 22.6. The van der Waals surface area contributed by atoms with Gasteiger partial charge in [0.05, 0.1) is 5.69 Å². The number of nitrogens with one attached hydrogen (secondary N) is 2. The van der Waals surface area contributed by atoms with Crippen molar-refractivity contribution < 1.29 is 14.4 Å². The predicted molar refractivity (Wildman–Crippen MR) is 122 cm³/mol. The first kappa shape index (κ1) is 20.5. The van der Waals surface area contributed by atoms with Crippen LogP contribution in [0.25, 0.3) is 11.3 Å². The van der Waals surface area contributed by atoms with Gasteiger partial charge in [0.25, 0.3) is 5.91 Å². The lowest BCUT2D eigenvalue weighted by atomic mass is 9.73. The van der Waals surface area contributed by atoms with Crippen molar-refractivity contribution in [3.05, 3.63) is 53.2 Å². The molecule has 4 aliphatic rings. The monoisotopic (exact) mass is 444 g/mol. The van der Waals surface area contributed by atoms with Gasteiger partial charge in [0.15, 0.2) is 0 Å². The first-order valence-electron chi connectivity index (χ1n) is 12.0. The zero-order valence-electron chi connectivity index (χ0n) is 18.6. The maximum atomic E-state index is 12.9. The molecule has 170 valence electrons. The molecule has 0 spiro atoms. The summed E-state index contributed by atoms with van der Waals surface area (Å²) in [6.07, 6.45) is 9.11. The van der Waals surface area contributed by atoms with E-state index >= 15 is 0 Å². The van der Waals surface area contributed by atoms with Gasteiger partial charge in [-0.25, -0.2) is 0 Å². The number of carbonyl (C=O) groups excluding carboxylic acids is 3. The highest BCUT2D eigenvalue weighted by Gasteiger charge is 2.48. The molecule has 7 heteroatoms. The molecule has 7 nitrogen and oxygen atoms in total. The number of hydrogen-bond donors (Lipinski definition) is 2. The summed E-state index contributed by atoms with van der Waals surface area (Å²) in [7, 11) is 0. The number of amides is 3. The molecule has 0 bridgehead atoms. The molecule has 2 aromatic rings. The standard InChI is InChI=1S/C26H28N4O3/c31-23-7-6-22(24(32)29-23)30-15-18-13-17(2-5-20(18)25(30)33)21-12-16(8-11-27-21)14-28-26(9-1-10-26)19-3-4-19/h2,5,8,11-13,19,22,28H,1,3-4,6-7,9-10,14-15H2,(H,29,31,32). The summed E-state index contributed by atoms with van der Waals surface area (Å²) in [5.74, 6) is 0.0466. The predicted octanol–water partition coefficient (Wildman–Crippen LogP) is 2.93. The van der Waals surface area contributed by atoms with E-state index in [2.05, 4.69) is 27.8 Å². The van der Waals surface area contributed by atoms with Gasteiger partial charge in [0.1, 0.15) is 6.04 Å². The fourth-order valence-electron chi connectivity index (χ4n) is 5.68. The van der Waals surface area contributed by atoms with Crippen molar-refractivity contribution in [2.24, 2.45) is 5.92 Å². The third-order valence-corrected chi connectivity index (χ3v) is 7.89. The number of aromatic nitrogens is 1. The van der Waals surface area contributed by atoms with E-state index in [0.29, 0.717) is 24.1 Å². The normalized spacial score (nSPS) is 23.8. The van der Waals surface area contributed by atoms with E-state index in [1.165, 1.54) is 37.7 Å². The number of piperidine rings is 1. The number of hydrogen-bond acceptors (Lipinski definition) is 5. The molecule has 3 fully saturated rings. The van der Waals surface area contributed by atoms with Crippen molar-refractivity contribution in [3.63, 3.8) is 0 Å². The lowest BCUT2D eigenvalue weighted by Gasteiger charge is -2.43. The fraction of sp³-hybridized carbons (Fsp3) is 0.462. The second kappa shape index (κ2) is 7.76. The fourth-order valence-corrected chi connectivity index (χ4v) is 5.68. The van der Waals surface area contributed by atoms with Crippen molar-refractivity contribution in [1.29, 1.82) is 0 Å². The second-order valence-corrected chi connectivity index (χ2v) is 9.96. The molecule has 2 N–H and O–H groups in total. The van der Waals surface area contributed by atoms with E-state index in [4.69, 9.17) is 0 Å². The Labute approximate surface area is 193 Å². The summed E-state index contributed by atoms with van der Waals surface area (Å²) in [5.41, 5.74) is 4.95. The van der Waals surface area contributed by atoms with Crippen molar-refractivity contribution in [3.8, 4) is 11.3 Å². The van der Waals surface area contributed by atoms with Crippen molar-refractivity contribution in [2.45, 2.75) is 69.6 Å². The first-order valence-corrected chi connectivity index (χ1v) is 12.0. The summed E-state index contributed by atoms with van der Waals surface area (Å²) in [5, 5.41) is 6.20. The van der Waals surface area contributed by atoms with Gasteiger partial charge in [0.2, 0.25) is 11.8 Å². The highest BCUT2D eigenvalue weighted by molar-refractivity contribution is 6.05. The van der Waals surface area contributed by atoms with Crippen LogP contribution in [0.1, 0.15) is 66.4 Å². The topological polar surface area (TPSA) is 91.4 Å². The van der Waals surface area contributed by atoms with Crippen LogP contribution in [-0.2, 0) is 22.7 Å².